The molecule has 1 aromatic heterocycles. The molecule has 1 unspecified atom stereocenters. The van der Waals surface area contributed by atoms with Crippen molar-refractivity contribution in [1.29, 1.82) is 0 Å². The first-order valence-corrected chi connectivity index (χ1v) is 11.3. The van der Waals surface area contributed by atoms with E-state index in [1.54, 1.807) is 0 Å². The molecule has 9 heteroatoms. The molecule has 1 saturated heterocycles. The molecule has 2 heterocycles. The van der Waals surface area contributed by atoms with Gasteiger partial charge in [0.05, 0.1) is 13.2 Å². The topological polar surface area (TPSA) is 79.6 Å². The number of guanidine groups is 1. The SMILES string of the molecule is CCCCCCC(C)NC(=NCc1nnc(C)n1C)NCCCN1CCOCC1.I. The van der Waals surface area contributed by atoms with E-state index in [1.165, 1.54) is 25.7 Å². The van der Waals surface area contributed by atoms with Crippen LogP contribution in [0.5, 0.6) is 0 Å². The smallest absolute Gasteiger partial charge is 0.191 e. The van der Waals surface area contributed by atoms with Crippen LogP contribution in [-0.2, 0) is 18.3 Å². The third-order valence-electron chi connectivity index (χ3n) is 5.48. The van der Waals surface area contributed by atoms with Gasteiger partial charge in [0.1, 0.15) is 12.4 Å². The van der Waals surface area contributed by atoms with E-state index < -0.39 is 0 Å². The second-order valence-corrected chi connectivity index (χ2v) is 8.02. The second kappa shape index (κ2) is 15.8. The number of unbranched alkanes of at least 4 members (excludes halogenated alkanes) is 3. The highest BCUT2D eigenvalue weighted by molar-refractivity contribution is 14.0. The lowest BCUT2D eigenvalue weighted by atomic mass is 10.1. The molecule has 2 N–H and O–H groups in total. The van der Waals surface area contributed by atoms with Crippen LogP contribution in [0.15, 0.2) is 4.99 Å². The zero-order chi connectivity index (χ0) is 20.9. The number of rotatable bonds is 12. The Morgan fingerprint density at radius 3 is 2.60 bits per heavy atom. The van der Waals surface area contributed by atoms with Crippen LogP contribution in [-0.4, -0.2) is 71.1 Å². The molecular weight excluding hydrogens is 493 g/mol. The minimum Gasteiger partial charge on any atom is -0.379 e. The molecule has 0 radical (unpaired) electrons. The Balaban J connectivity index is 0.00000450. The van der Waals surface area contributed by atoms with Crippen LogP contribution in [0.1, 0.15) is 64.0 Å². The number of nitrogens with one attached hydrogen (secondary N) is 2. The molecule has 0 saturated carbocycles. The van der Waals surface area contributed by atoms with Crippen molar-refractivity contribution in [3.8, 4) is 0 Å². The molecule has 1 aliphatic heterocycles. The van der Waals surface area contributed by atoms with Crippen LogP contribution >= 0.6 is 24.0 Å². The van der Waals surface area contributed by atoms with E-state index in [0.717, 1.165) is 69.8 Å². The molecule has 0 bridgehead atoms. The fraction of sp³-hybridized carbons (Fsp3) is 0.857. The zero-order valence-corrected chi connectivity index (χ0v) is 21.7. The lowest BCUT2D eigenvalue weighted by molar-refractivity contribution is 0.0376. The Bertz CT molecular complexity index is 602. The Kier molecular flexibility index (Phi) is 14.3. The van der Waals surface area contributed by atoms with Gasteiger partial charge in [-0.15, -0.1) is 34.2 Å². The Morgan fingerprint density at radius 2 is 1.93 bits per heavy atom. The van der Waals surface area contributed by atoms with E-state index in [9.17, 15) is 0 Å². The maximum absolute atomic E-state index is 5.42. The van der Waals surface area contributed by atoms with Crippen molar-refractivity contribution in [3.05, 3.63) is 11.6 Å². The number of nitrogens with zero attached hydrogens (tertiary/aromatic N) is 5. The second-order valence-electron chi connectivity index (χ2n) is 8.02. The van der Waals surface area contributed by atoms with Crippen LogP contribution in [0.3, 0.4) is 0 Å². The number of ether oxygens (including phenoxy) is 1. The fourth-order valence-corrected chi connectivity index (χ4v) is 3.41. The molecule has 0 aliphatic carbocycles. The largest absolute Gasteiger partial charge is 0.379 e. The molecule has 1 aliphatic rings. The average molecular weight is 536 g/mol. The van der Waals surface area contributed by atoms with Gasteiger partial charge in [-0.2, -0.15) is 0 Å². The summed E-state index contributed by atoms with van der Waals surface area (Å²) in [6.07, 6.45) is 7.41. The summed E-state index contributed by atoms with van der Waals surface area (Å²) in [5.74, 6) is 2.66. The third-order valence-corrected chi connectivity index (χ3v) is 5.48. The molecule has 8 nitrogen and oxygen atoms in total. The van der Waals surface area contributed by atoms with Gasteiger partial charge in [0.15, 0.2) is 11.8 Å². The number of hydrogen-bond donors (Lipinski definition) is 2. The molecule has 1 atom stereocenters. The molecular formula is C21H42IN7O. The van der Waals surface area contributed by atoms with Crippen LogP contribution in [0.25, 0.3) is 0 Å². The fourth-order valence-electron chi connectivity index (χ4n) is 3.41. The van der Waals surface area contributed by atoms with Crippen molar-refractivity contribution in [1.82, 2.24) is 30.3 Å². The first kappa shape index (κ1) is 27.1. The summed E-state index contributed by atoms with van der Waals surface area (Å²) >= 11 is 0. The quantitative estimate of drug-likeness (QED) is 0.186. The highest BCUT2D eigenvalue weighted by Crippen LogP contribution is 2.06. The first-order valence-electron chi connectivity index (χ1n) is 11.3. The van der Waals surface area contributed by atoms with Gasteiger partial charge < -0.3 is 19.9 Å². The number of aliphatic imine (C=N–C) groups is 1. The molecule has 1 fully saturated rings. The van der Waals surface area contributed by atoms with Crippen LogP contribution in [0, 0.1) is 6.92 Å². The maximum atomic E-state index is 5.42. The van der Waals surface area contributed by atoms with Gasteiger partial charge in [-0.05, 0) is 33.2 Å². The van der Waals surface area contributed by atoms with E-state index in [0.29, 0.717) is 12.6 Å². The first-order chi connectivity index (χ1) is 14.1. The molecule has 2 rings (SSSR count). The molecule has 0 aromatic carbocycles. The summed E-state index contributed by atoms with van der Waals surface area (Å²) in [5, 5.41) is 15.4. The Morgan fingerprint density at radius 1 is 1.17 bits per heavy atom. The predicted molar refractivity (Wildman–Crippen MR) is 134 cm³/mol. The van der Waals surface area contributed by atoms with Gasteiger partial charge in [-0.3, -0.25) is 4.90 Å². The van der Waals surface area contributed by atoms with Gasteiger partial charge in [0.2, 0.25) is 0 Å². The summed E-state index contributed by atoms with van der Waals surface area (Å²) in [6, 6.07) is 0.401. The lowest BCUT2D eigenvalue weighted by Gasteiger charge is -2.26. The summed E-state index contributed by atoms with van der Waals surface area (Å²) < 4.78 is 7.42. The van der Waals surface area contributed by atoms with Crippen LogP contribution in [0.4, 0.5) is 0 Å². The summed E-state index contributed by atoms with van der Waals surface area (Å²) in [4.78, 5) is 7.24. The number of morpholine rings is 1. The van der Waals surface area contributed by atoms with Crippen LogP contribution < -0.4 is 10.6 Å². The average Bonchev–Trinajstić information content (AvgIpc) is 3.05. The van der Waals surface area contributed by atoms with Gasteiger partial charge in [-0.25, -0.2) is 4.99 Å². The molecule has 30 heavy (non-hydrogen) atoms. The zero-order valence-electron chi connectivity index (χ0n) is 19.3. The van der Waals surface area contributed by atoms with E-state index in [2.05, 4.69) is 39.6 Å². The van der Waals surface area contributed by atoms with E-state index >= 15 is 0 Å². The maximum Gasteiger partial charge on any atom is 0.191 e. The number of hydrogen-bond acceptors (Lipinski definition) is 5. The Labute approximate surface area is 199 Å². The van der Waals surface area contributed by atoms with E-state index in [1.807, 2.05) is 18.5 Å². The van der Waals surface area contributed by atoms with Gasteiger partial charge in [-0.1, -0.05) is 32.6 Å². The monoisotopic (exact) mass is 535 g/mol. The normalized spacial score (nSPS) is 16.2. The van der Waals surface area contributed by atoms with Crippen molar-refractivity contribution in [3.63, 3.8) is 0 Å². The molecule has 0 spiro atoms. The van der Waals surface area contributed by atoms with Crippen molar-refractivity contribution >= 4 is 29.9 Å². The van der Waals surface area contributed by atoms with Crippen molar-refractivity contribution in [2.45, 2.75) is 71.9 Å². The van der Waals surface area contributed by atoms with Crippen molar-refractivity contribution < 1.29 is 4.74 Å². The van der Waals surface area contributed by atoms with E-state index in [-0.39, 0.29) is 24.0 Å². The minimum absolute atomic E-state index is 0. The highest BCUT2D eigenvalue weighted by atomic mass is 127. The standard InChI is InChI=1S/C21H41N7O.HI/c1-5-6-7-8-10-18(2)24-21(23-17-20-26-25-19(3)27(20)4)22-11-9-12-28-13-15-29-16-14-28;/h18H,5-17H2,1-4H3,(H2,22,23,24);1H. The predicted octanol–water partition coefficient (Wildman–Crippen LogP) is 2.86. The molecule has 0 amide bonds. The summed E-state index contributed by atoms with van der Waals surface area (Å²) in [5.41, 5.74) is 0. The Hall–Kier alpha value is -0.940. The lowest BCUT2D eigenvalue weighted by Crippen LogP contribution is -2.43. The highest BCUT2D eigenvalue weighted by Gasteiger charge is 2.11. The van der Waals surface area contributed by atoms with Gasteiger partial charge >= 0.3 is 0 Å². The number of halogens is 1. The molecule has 1 aromatic rings. The van der Waals surface area contributed by atoms with Gasteiger partial charge in [0.25, 0.3) is 0 Å². The van der Waals surface area contributed by atoms with Crippen molar-refractivity contribution in [2.24, 2.45) is 12.0 Å². The van der Waals surface area contributed by atoms with Crippen molar-refractivity contribution in [2.75, 3.05) is 39.4 Å². The summed E-state index contributed by atoms with van der Waals surface area (Å²) in [7, 11) is 1.99. The number of aromatic nitrogens is 3. The van der Waals surface area contributed by atoms with E-state index in [4.69, 9.17) is 9.73 Å². The van der Waals surface area contributed by atoms with Gasteiger partial charge in [0, 0.05) is 32.7 Å². The third kappa shape index (κ3) is 10.4. The number of aryl methyl sites for hydroxylation is 1. The van der Waals surface area contributed by atoms with Crippen LogP contribution in [0.2, 0.25) is 0 Å². The molecule has 174 valence electrons. The summed E-state index contributed by atoms with van der Waals surface area (Å²) in [6.45, 7) is 12.8. The minimum atomic E-state index is 0.